The second-order valence-electron chi connectivity index (χ2n) is 9.58. The molecule has 166 valence electrons. The lowest BCUT2D eigenvalue weighted by atomic mass is 9.82. The maximum Gasteiger partial charge on any atom is 0.0665 e. The maximum absolute atomic E-state index is 5.01. The van der Waals surface area contributed by atoms with Crippen molar-refractivity contribution in [3.8, 4) is 0 Å². The third-order valence-electron chi connectivity index (χ3n) is 7.12. The van der Waals surface area contributed by atoms with Crippen molar-refractivity contribution in [3.63, 3.8) is 0 Å². The summed E-state index contributed by atoms with van der Waals surface area (Å²) < 4.78 is 0. The lowest BCUT2D eigenvalue weighted by Gasteiger charge is -2.28. The van der Waals surface area contributed by atoms with Crippen molar-refractivity contribution >= 4 is 17.1 Å². The average molecular weight is 425 g/mol. The number of aliphatic imine (C=N–C) groups is 1. The summed E-state index contributed by atoms with van der Waals surface area (Å²) in [6, 6.07) is 15.4. The summed E-state index contributed by atoms with van der Waals surface area (Å²) >= 11 is 0. The van der Waals surface area contributed by atoms with Gasteiger partial charge in [0.2, 0.25) is 0 Å². The van der Waals surface area contributed by atoms with Crippen LogP contribution in [0.1, 0.15) is 69.1 Å². The molecular weight excluding hydrogens is 388 g/mol. The first kappa shape index (κ1) is 22.3. The Balaban J connectivity index is 1.47. The number of aryl methyl sites for hydroxylation is 1. The smallest absolute Gasteiger partial charge is 0.0665 e. The monoisotopic (exact) mass is 424 g/mol. The average Bonchev–Trinajstić information content (AvgIpc) is 3.30. The van der Waals surface area contributed by atoms with Crippen LogP contribution in [0, 0.1) is 18.8 Å². The fourth-order valence-corrected chi connectivity index (χ4v) is 5.17. The zero-order chi connectivity index (χ0) is 22.7. The van der Waals surface area contributed by atoms with Gasteiger partial charge in [0.05, 0.1) is 5.69 Å². The van der Waals surface area contributed by atoms with E-state index in [1.54, 1.807) is 0 Å². The Hall–Kier alpha value is -2.87. The van der Waals surface area contributed by atoms with Crippen LogP contribution in [0.4, 0.5) is 11.4 Å². The highest BCUT2D eigenvalue weighted by molar-refractivity contribution is 6.00. The third-order valence-corrected chi connectivity index (χ3v) is 7.12. The summed E-state index contributed by atoms with van der Waals surface area (Å²) in [5, 5.41) is 3.53. The molecule has 0 amide bonds. The van der Waals surface area contributed by atoms with E-state index in [0.717, 1.165) is 28.3 Å². The highest BCUT2D eigenvalue weighted by Gasteiger charge is 2.22. The number of nitrogens with zero attached hydrogens (tertiary/aromatic N) is 1. The van der Waals surface area contributed by atoms with Crippen molar-refractivity contribution in [3.05, 3.63) is 95.2 Å². The SMILES string of the molecule is C=C(Nc1ccc(C(C)=Nc2cc(C3CCCC3)ccc2C)cc1)C1C(C)=CC=CC1C. The number of anilines is 1. The molecular formula is C30H36N2. The molecule has 2 aromatic carbocycles. The fourth-order valence-electron chi connectivity index (χ4n) is 5.17. The van der Waals surface area contributed by atoms with E-state index in [0.29, 0.717) is 17.8 Å². The summed E-state index contributed by atoms with van der Waals surface area (Å²) in [5.74, 6) is 1.50. The molecule has 2 nitrogen and oxygen atoms in total. The molecule has 1 saturated carbocycles. The Kier molecular flexibility index (Phi) is 6.79. The Morgan fingerprint density at radius 2 is 1.75 bits per heavy atom. The quantitative estimate of drug-likeness (QED) is 0.462. The van der Waals surface area contributed by atoms with Crippen LogP contribution in [-0.2, 0) is 0 Å². The van der Waals surface area contributed by atoms with Crippen LogP contribution < -0.4 is 5.32 Å². The lowest BCUT2D eigenvalue weighted by molar-refractivity contribution is 0.551. The van der Waals surface area contributed by atoms with Crippen molar-refractivity contribution in [2.45, 2.75) is 59.3 Å². The summed E-state index contributed by atoms with van der Waals surface area (Å²) in [6.07, 6.45) is 11.9. The topological polar surface area (TPSA) is 24.4 Å². The summed E-state index contributed by atoms with van der Waals surface area (Å²) in [7, 11) is 0. The minimum Gasteiger partial charge on any atom is -0.359 e. The zero-order valence-electron chi connectivity index (χ0n) is 20.0. The lowest BCUT2D eigenvalue weighted by Crippen LogP contribution is -2.20. The van der Waals surface area contributed by atoms with Crippen LogP contribution in [0.5, 0.6) is 0 Å². The van der Waals surface area contributed by atoms with Gasteiger partial charge in [-0.2, -0.15) is 0 Å². The van der Waals surface area contributed by atoms with E-state index in [1.165, 1.54) is 42.4 Å². The van der Waals surface area contributed by atoms with Gasteiger partial charge >= 0.3 is 0 Å². The predicted molar refractivity (Wildman–Crippen MR) is 139 cm³/mol. The van der Waals surface area contributed by atoms with Crippen molar-refractivity contribution < 1.29 is 0 Å². The van der Waals surface area contributed by atoms with Crippen LogP contribution in [-0.4, -0.2) is 5.71 Å². The second kappa shape index (κ2) is 9.73. The molecule has 0 heterocycles. The van der Waals surface area contributed by atoms with Crippen LogP contribution >= 0.6 is 0 Å². The second-order valence-corrected chi connectivity index (χ2v) is 9.58. The van der Waals surface area contributed by atoms with E-state index in [4.69, 9.17) is 4.99 Å². The van der Waals surface area contributed by atoms with Crippen molar-refractivity contribution in [2.75, 3.05) is 5.32 Å². The molecule has 2 unspecified atom stereocenters. The number of benzene rings is 2. The molecule has 4 rings (SSSR count). The van der Waals surface area contributed by atoms with Gasteiger partial charge in [-0.1, -0.05) is 74.4 Å². The molecule has 2 aliphatic rings. The highest BCUT2D eigenvalue weighted by Crippen LogP contribution is 2.36. The number of hydrogen-bond donors (Lipinski definition) is 1. The van der Waals surface area contributed by atoms with Crippen LogP contribution in [0.25, 0.3) is 0 Å². The van der Waals surface area contributed by atoms with E-state index in [2.05, 4.69) is 100 Å². The number of nitrogens with one attached hydrogen (secondary N) is 1. The molecule has 2 atom stereocenters. The Bertz CT molecular complexity index is 1060. The summed E-state index contributed by atoms with van der Waals surface area (Å²) in [4.78, 5) is 5.01. The standard InChI is InChI=1S/C30H36N2/c1-20-13-14-27(26-11-6-7-12-26)19-29(20)32-23(4)25-15-17-28(18-16-25)31-24(5)30-21(2)9-8-10-22(30)3/h8-10,13-19,21,26,30-31H,5-7,11-12H2,1-4H3. The molecule has 32 heavy (non-hydrogen) atoms. The van der Waals surface area contributed by atoms with Crippen molar-refractivity contribution in [2.24, 2.45) is 16.8 Å². The van der Waals surface area contributed by atoms with Crippen LogP contribution in [0.3, 0.4) is 0 Å². The van der Waals surface area contributed by atoms with Gasteiger partial charge in [0.1, 0.15) is 0 Å². The Morgan fingerprint density at radius 3 is 2.44 bits per heavy atom. The number of hydrogen-bond acceptors (Lipinski definition) is 2. The molecule has 2 heteroatoms. The molecule has 1 fully saturated rings. The summed E-state index contributed by atoms with van der Waals surface area (Å²) in [5.41, 5.74) is 9.46. The van der Waals surface area contributed by atoms with Gasteiger partial charge in [-0.15, -0.1) is 0 Å². The number of rotatable bonds is 6. The van der Waals surface area contributed by atoms with Gasteiger partial charge in [-0.25, -0.2) is 0 Å². The van der Waals surface area contributed by atoms with Gasteiger partial charge < -0.3 is 5.32 Å². The van der Waals surface area contributed by atoms with Gasteiger partial charge in [0.15, 0.2) is 0 Å². The van der Waals surface area contributed by atoms with Crippen molar-refractivity contribution in [1.82, 2.24) is 0 Å². The molecule has 0 radical (unpaired) electrons. The van der Waals surface area contributed by atoms with E-state index in [9.17, 15) is 0 Å². The van der Waals surface area contributed by atoms with E-state index in [-0.39, 0.29) is 0 Å². The molecule has 0 spiro atoms. The first-order valence-corrected chi connectivity index (χ1v) is 12.0. The maximum atomic E-state index is 5.01. The summed E-state index contributed by atoms with van der Waals surface area (Å²) in [6.45, 7) is 13.0. The molecule has 0 bridgehead atoms. The van der Waals surface area contributed by atoms with E-state index >= 15 is 0 Å². The van der Waals surface area contributed by atoms with Gasteiger partial charge in [-0.05, 0) is 80.3 Å². The van der Waals surface area contributed by atoms with Crippen molar-refractivity contribution in [1.29, 1.82) is 0 Å². The Labute approximate surface area is 193 Å². The van der Waals surface area contributed by atoms with E-state index in [1.807, 2.05) is 0 Å². The molecule has 0 aromatic heterocycles. The highest BCUT2D eigenvalue weighted by atomic mass is 14.9. The minimum atomic E-state index is 0.332. The van der Waals surface area contributed by atoms with Crippen LogP contribution in [0.2, 0.25) is 0 Å². The largest absolute Gasteiger partial charge is 0.359 e. The first-order valence-electron chi connectivity index (χ1n) is 12.0. The predicted octanol–water partition coefficient (Wildman–Crippen LogP) is 8.49. The normalized spacial score (nSPS) is 21.5. The third kappa shape index (κ3) is 4.96. The minimum absolute atomic E-state index is 0.332. The van der Waals surface area contributed by atoms with Gasteiger partial charge in [0, 0.05) is 23.0 Å². The zero-order valence-corrected chi connectivity index (χ0v) is 20.0. The van der Waals surface area contributed by atoms with E-state index < -0.39 is 0 Å². The molecule has 0 aliphatic heterocycles. The first-order chi connectivity index (χ1) is 15.4. The molecule has 2 aliphatic carbocycles. The molecule has 2 aromatic rings. The van der Waals surface area contributed by atoms with Gasteiger partial charge in [0.25, 0.3) is 0 Å². The Morgan fingerprint density at radius 1 is 1.03 bits per heavy atom. The molecule has 0 saturated heterocycles. The van der Waals surface area contributed by atoms with Crippen LogP contribution in [0.15, 0.2) is 83.5 Å². The molecule has 1 N–H and O–H groups in total. The van der Waals surface area contributed by atoms with Gasteiger partial charge in [-0.3, -0.25) is 4.99 Å². The number of allylic oxidation sites excluding steroid dienone is 4. The fraction of sp³-hybridized carbons (Fsp3) is 0.367.